The van der Waals surface area contributed by atoms with Crippen molar-refractivity contribution in [3.63, 3.8) is 0 Å². The summed E-state index contributed by atoms with van der Waals surface area (Å²) in [4.78, 5) is 29.6. The van der Waals surface area contributed by atoms with E-state index in [1.165, 1.54) is 12.3 Å². The van der Waals surface area contributed by atoms with Crippen LogP contribution in [0.3, 0.4) is 0 Å². The summed E-state index contributed by atoms with van der Waals surface area (Å²) in [6, 6.07) is 6.80. The highest BCUT2D eigenvalue weighted by atomic mass is 32.2. The zero-order chi connectivity index (χ0) is 29.6. The number of benzene rings is 3. The Balaban J connectivity index is 1.57. The second-order valence-electron chi connectivity index (χ2n) is 8.60. The second kappa shape index (κ2) is 10.1. The molecular formula is C27H14F5N3O5S. The normalized spacial score (nSPS) is 11.5. The van der Waals surface area contributed by atoms with Gasteiger partial charge in [-0.25, -0.2) is 35.4 Å². The van der Waals surface area contributed by atoms with Gasteiger partial charge in [-0.2, -0.15) is 0 Å². The number of hydrogen-bond acceptors (Lipinski definition) is 6. The van der Waals surface area contributed by atoms with Crippen LogP contribution in [0.2, 0.25) is 0 Å². The van der Waals surface area contributed by atoms with Crippen molar-refractivity contribution in [2.75, 3.05) is 4.72 Å². The average Bonchev–Trinajstić information content (AvgIpc) is 3.33. The van der Waals surface area contributed by atoms with E-state index >= 15 is 4.39 Å². The molecule has 2 heterocycles. The number of ketones is 1. The minimum Gasteiger partial charge on any atom is -0.507 e. The van der Waals surface area contributed by atoms with Crippen LogP contribution < -0.4 is 4.72 Å². The molecule has 208 valence electrons. The number of phenols is 1. The molecule has 0 fully saturated rings. The molecule has 0 aliphatic heterocycles. The first-order chi connectivity index (χ1) is 19.4. The molecule has 5 rings (SSSR count). The number of pyridine rings is 1. The predicted molar refractivity (Wildman–Crippen MR) is 135 cm³/mol. The van der Waals surface area contributed by atoms with E-state index in [1.54, 1.807) is 4.72 Å². The summed E-state index contributed by atoms with van der Waals surface area (Å²) >= 11 is 0. The van der Waals surface area contributed by atoms with Gasteiger partial charge in [-0.1, -0.05) is 6.07 Å². The molecule has 0 spiro atoms. The summed E-state index contributed by atoms with van der Waals surface area (Å²) in [5, 5.41) is 9.96. The monoisotopic (exact) mass is 587 g/mol. The number of phenolic OH excluding ortho intramolecular Hbond substituents is 1. The van der Waals surface area contributed by atoms with E-state index in [2.05, 4.69) is 9.97 Å². The van der Waals surface area contributed by atoms with Crippen molar-refractivity contribution in [3.05, 3.63) is 107 Å². The van der Waals surface area contributed by atoms with E-state index in [0.717, 1.165) is 24.4 Å². The van der Waals surface area contributed by atoms with Crippen molar-refractivity contribution in [1.82, 2.24) is 9.97 Å². The van der Waals surface area contributed by atoms with E-state index in [1.807, 2.05) is 0 Å². The van der Waals surface area contributed by atoms with Crippen LogP contribution in [0.1, 0.15) is 26.3 Å². The Morgan fingerprint density at radius 1 is 0.927 bits per heavy atom. The molecular weight excluding hydrogens is 573 g/mol. The fraction of sp³-hybridized carbons (Fsp3) is 0. The molecule has 0 saturated carbocycles. The van der Waals surface area contributed by atoms with Gasteiger partial charge >= 0.3 is 0 Å². The third-order valence-electron chi connectivity index (χ3n) is 6.08. The number of aromatic nitrogens is 2. The van der Waals surface area contributed by atoms with Crippen LogP contribution in [0.5, 0.6) is 5.75 Å². The van der Waals surface area contributed by atoms with Crippen LogP contribution in [0.15, 0.2) is 65.8 Å². The van der Waals surface area contributed by atoms with Crippen LogP contribution in [0, 0.1) is 29.1 Å². The lowest BCUT2D eigenvalue weighted by atomic mass is 9.99. The number of nitrogens with zero attached hydrogens (tertiary/aromatic N) is 1. The molecule has 0 atom stereocenters. The first-order valence-corrected chi connectivity index (χ1v) is 12.9. The van der Waals surface area contributed by atoms with E-state index in [4.69, 9.17) is 0 Å². The third-order valence-corrected chi connectivity index (χ3v) is 7.50. The van der Waals surface area contributed by atoms with Crippen molar-refractivity contribution >= 4 is 38.8 Å². The molecule has 0 aliphatic carbocycles. The fourth-order valence-electron chi connectivity index (χ4n) is 4.14. The minimum absolute atomic E-state index is 0.0186. The lowest BCUT2D eigenvalue weighted by Crippen LogP contribution is -2.18. The number of H-pyrrole nitrogens is 1. The molecule has 14 heteroatoms. The molecule has 3 aromatic carbocycles. The molecule has 0 bridgehead atoms. The van der Waals surface area contributed by atoms with Crippen LogP contribution in [0.4, 0.5) is 27.6 Å². The number of hydrogen-bond donors (Lipinski definition) is 3. The zero-order valence-corrected chi connectivity index (χ0v) is 21.0. The van der Waals surface area contributed by atoms with Gasteiger partial charge in [-0.15, -0.1) is 0 Å². The number of aromatic amines is 1. The van der Waals surface area contributed by atoms with Gasteiger partial charge in [-0.3, -0.25) is 14.3 Å². The molecule has 0 saturated heterocycles. The Kier molecular flexibility index (Phi) is 6.78. The van der Waals surface area contributed by atoms with Gasteiger partial charge in [0.15, 0.2) is 17.0 Å². The van der Waals surface area contributed by atoms with E-state index in [-0.39, 0.29) is 34.0 Å². The van der Waals surface area contributed by atoms with Crippen molar-refractivity contribution in [1.29, 1.82) is 0 Å². The molecule has 0 amide bonds. The van der Waals surface area contributed by atoms with Gasteiger partial charge < -0.3 is 10.1 Å². The topological polar surface area (TPSA) is 129 Å². The number of aromatic hydroxyl groups is 1. The highest BCUT2D eigenvalue weighted by Gasteiger charge is 2.29. The standard InChI is InChI=1S/C27H14F5N3O5S/c28-17-4-5-21(35-41(39,40)26-18(29)2-1-3-19(26)30)24(32)23(17)25(38)15-10-34-27-14(15)6-13(9-33-27)12-7-20(31)16(11-36)22(37)8-12/h1-11,35,37H,(H,33,34). The fourth-order valence-corrected chi connectivity index (χ4v) is 5.34. The lowest BCUT2D eigenvalue weighted by Gasteiger charge is -2.13. The van der Waals surface area contributed by atoms with Gasteiger partial charge in [0, 0.05) is 28.9 Å². The Hall–Kier alpha value is -5.11. The molecule has 0 unspecified atom stereocenters. The van der Waals surface area contributed by atoms with Gasteiger partial charge in [0.2, 0.25) is 5.78 Å². The van der Waals surface area contributed by atoms with E-state index < -0.39 is 72.4 Å². The van der Waals surface area contributed by atoms with Gasteiger partial charge in [0.25, 0.3) is 10.0 Å². The highest BCUT2D eigenvalue weighted by Crippen LogP contribution is 2.32. The molecule has 0 aliphatic rings. The van der Waals surface area contributed by atoms with Crippen molar-refractivity contribution in [2.24, 2.45) is 0 Å². The van der Waals surface area contributed by atoms with Gasteiger partial charge in [-0.05, 0) is 48.0 Å². The maximum Gasteiger partial charge on any atom is 0.267 e. The summed E-state index contributed by atoms with van der Waals surface area (Å²) in [7, 11) is -5.05. The van der Waals surface area contributed by atoms with Crippen LogP contribution in [-0.4, -0.2) is 35.6 Å². The Bertz CT molecular complexity index is 1970. The number of carbonyl (C=O) groups is 2. The SMILES string of the molecule is O=Cc1c(O)cc(-c2cnc3[nH]cc(C(=O)c4c(F)ccc(NS(=O)(=O)c5c(F)cccc5F)c4F)c3c2)cc1F. The average molecular weight is 587 g/mol. The summed E-state index contributed by atoms with van der Waals surface area (Å²) in [5.74, 6) is -8.90. The lowest BCUT2D eigenvalue weighted by molar-refractivity contribution is 0.103. The zero-order valence-electron chi connectivity index (χ0n) is 20.2. The number of halogens is 5. The van der Waals surface area contributed by atoms with Crippen LogP contribution >= 0.6 is 0 Å². The molecule has 5 aromatic rings. The molecule has 0 radical (unpaired) electrons. The van der Waals surface area contributed by atoms with Gasteiger partial charge in [0.05, 0.1) is 16.8 Å². The Labute approximate surface area is 227 Å². The number of sulfonamides is 1. The van der Waals surface area contributed by atoms with Crippen molar-refractivity contribution < 1.29 is 45.1 Å². The number of fused-ring (bicyclic) bond motifs is 1. The van der Waals surface area contributed by atoms with Crippen molar-refractivity contribution in [2.45, 2.75) is 4.90 Å². The van der Waals surface area contributed by atoms with Crippen LogP contribution in [0.25, 0.3) is 22.2 Å². The van der Waals surface area contributed by atoms with Crippen LogP contribution in [-0.2, 0) is 10.0 Å². The largest absolute Gasteiger partial charge is 0.507 e. The second-order valence-corrected chi connectivity index (χ2v) is 10.2. The Morgan fingerprint density at radius 2 is 1.63 bits per heavy atom. The number of anilines is 1. The van der Waals surface area contributed by atoms with Crippen molar-refractivity contribution in [3.8, 4) is 16.9 Å². The number of aldehydes is 1. The third kappa shape index (κ3) is 4.78. The summed E-state index contributed by atoms with van der Waals surface area (Å²) in [5.41, 5.74) is -2.73. The molecule has 3 N–H and O–H groups in total. The first kappa shape index (κ1) is 27.5. The minimum atomic E-state index is -5.05. The van der Waals surface area contributed by atoms with E-state index in [0.29, 0.717) is 24.3 Å². The van der Waals surface area contributed by atoms with Gasteiger partial charge in [0.1, 0.15) is 34.7 Å². The quantitative estimate of drug-likeness (QED) is 0.132. The summed E-state index contributed by atoms with van der Waals surface area (Å²) in [6.45, 7) is 0. The maximum atomic E-state index is 15.4. The smallest absolute Gasteiger partial charge is 0.267 e. The number of rotatable bonds is 7. The maximum absolute atomic E-state index is 15.4. The molecule has 41 heavy (non-hydrogen) atoms. The highest BCUT2D eigenvalue weighted by molar-refractivity contribution is 7.92. The van der Waals surface area contributed by atoms with E-state index in [9.17, 15) is 40.7 Å². The first-order valence-electron chi connectivity index (χ1n) is 11.4. The molecule has 2 aromatic heterocycles. The number of carbonyl (C=O) groups excluding carboxylic acids is 2. The summed E-state index contributed by atoms with van der Waals surface area (Å²) < 4.78 is 99.4. The Morgan fingerprint density at radius 3 is 2.29 bits per heavy atom. The molecule has 8 nitrogen and oxygen atoms in total. The number of nitrogens with one attached hydrogen (secondary N) is 2. The predicted octanol–water partition coefficient (Wildman–Crippen LogP) is 5.48. The summed E-state index contributed by atoms with van der Waals surface area (Å²) in [6.07, 6.45) is 2.46.